The molecule has 5 aromatic rings. The molecule has 3 heterocycles. The van der Waals surface area contributed by atoms with Gasteiger partial charge < -0.3 is 4.42 Å². The third-order valence-electron chi connectivity index (χ3n) is 5.40. The SMILES string of the molecule is O=c1oc2ccccc2c2nc3c(cc12)-c1c(cnn1-c1ccccc1)CC3. The van der Waals surface area contributed by atoms with Gasteiger partial charge in [0.05, 0.1) is 34.2 Å². The lowest BCUT2D eigenvalue weighted by Crippen LogP contribution is -2.11. The minimum absolute atomic E-state index is 0.359. The topological polar surface area (TPSA) is 60.9 Å². The summed E-state index contributed by atoms with van der Waals surface area (Å²) in [5.74, 6) is 0. The van der Waals surface area contributed by atoms with Gasteiger partial charge in [0.25, 0.3) is 0 Å². The van der Waals surface area contributed by atoms with Gasteiger partial charge >= 0.3 is 5.63 Å². The predicted octanol–water partition coefficient (Wildman–Crippen LogP) is 4.29. The Labute approximate surface area is 159 Å². The van der Waals surface area contributed by atoms with Crippen molar-refractivity contribution in [3.63, 3.8) is 0 Å². The number of benzene rings is 2. The number of hydrogen-bond donors (Lipinski definition) is 0. The number of aromatic nitrogens is 3. The van der Waals surface area contributed by atoms with Crippen LogP contribution in [-0.4, -0.2) is 14.8 Å². The molecule has 0 spiro atoms. The van der Waals surface area contributed by atoms with E-state index in [9.17, 15) is 4.79 Å². The molecular formula is C23H15N3O2. The lowest BCUT2D eigenvalue weighted by molar-refractivity contribution is 0.569. The first-order chi connectivity index (χ1) is 13.8. The largest absolute Gasteiger partial charge is 0.422 e. The second kappa shape index (κ2) is 5.63. The van der Waals surface area contributed by atoms with Crippen LogP contribution in [0.1, 0.15) is 11.3 Å². The predicted molar refractivity (Wildman–Crippen MR) is 108 cm³/mol. The van der Waals surface area contributed by atoms with Crippen molar-refractivity contribution in [3.8, 4) is 16.9 Å². The summed E-state index contributed by atoms with van der Waals surface area (Å²) in [4.78, 5) is 17.6. The summed E-state index contributed by atoms with van der Waals surface area (Å²) in [5.41, 5.74) is 6.03. The molecule has 0 saturated carbocycles. The Morgan fingerprint density at radius 3 is 2.64 bits per heavy atom. The fourth-order valence-corrected chi connectivity index (χ4v) is 4.08. The monoisotopic (exact) mass is 365 g/mol. The van der Waals surface area contributed by atoms with Crippen LogP contribution in [0, 0.1) is 0 Å². The zero-order valence-corrected chi connectivity index (χ0v) is 14.9. The van der Waals surface area contributed by atoms with Crippen LogP contribution in [0.3, 0.4) is 0 Å². The van der Waals surface area contributed by atoms with E-state index in [2.05, 4.69) is 5.10 Å². The molecule has 28 heavy (non-hydrogen) atoms. The van der Waals surface area contributed by atoms with Gasteiger partial charge in [-0.2, -0.15) is 5.10 Å². The molecule has 1 aliphatic rings. The van der Waals surface area contributed by atoms with Crippen LogP contribution in [0.5, 0.6) is 0 Å². The second-order valence-corrected chi connectivity index (χ2v) is 7.03. The van der Waals surface area contributed by atoms with Crippen LogP contribution < -0.4 is 5.63 Å². The van der Waals surface area contributed by atoms with Gasteiger partial charge in [-0.15, -0.1) is 0 Å². The van der Waals surface area contributed by atoms with E-state index in [4.69, 9.17) is 9.40 Å². The normalized spacial score (nSPS) is 12.9. The number of pyridine rings is 1. The minimum atomic E-state index is -0.359. The van der Waals surface area contributed by atoms with E-state index in [0.29, 0.717) is 16.5 Å². The number of para-hydroxylation sites is 2. The quantitative estimate of drug-likeness (QED) is 0.328. The van der Waals surface area contributed by atoms with Crippen molar-refractivity contribution < 1.29 is 4.42 Å². The highest BCUT2D eigenvalue weighted by Crippen LogP contribution is 2.36. The molecule has 5 nitrogen and oxygen atoms in total. The van der Waals surface area contributed by atoms with Crippen molar-refractivity contribution in [2.45, 2.75) is 12.8 Å². The molecule has 134 valence electrons. The van der Waals surface area contributed by atoms with Crippen molar-refractivity contribution in [2.75, 3.05) is 0 Å². The first-order valence-corrected chi connectivity index (χ1v) is 9.28. The fourth-order valence-electron chi connectivity index (χ4n) is 4.08. The molecule has 6 rings (SSSR count). The van der Waals surface area contributed by atoms with E-state index in [0.717, 1.165) is 40.9 Å². The average Bonchev–Trinajstić information content (AvgIpc) is 3.18. The molecule has 0 fully saturated rings. The molecule has 3 aromatic heterocycles. The van der Waals surface area contributed by atoms with E-state index < -0.39 is 0 Å². The average molecular weight is 365 g/mol. The molecule has 0 atom stereocenters. The molecule has 5 heteroatoms. The fraction of sp³-hybridized carbons (Fsp3) is 0.0870. The van der Waals surface area contributed by atoms with Crippen LogP contribution in [0.4, 0.5) is 0 Å². The number of rotatable bonds is 1. The molecule has 0 radical (unpaired) electrons. The Kier molecular flexibility index (Phi) is 3.09. The molecule has 2 aromatic carbocycles. The zero-order valence-electron chi connectivity index (χ0n) is 14.9. The zero-order chi connectivity index (χ0) is 18.7. The van der Waals surface area contributed by atoms with Crippen molar-refractivity contribution in [2.24, 2.45) is 0 Å². The highest BCUT2D eigenvalue weighted by molar-refractivity contribution is 6.03. The van der Waals surface area contributed by atoms with Gasteiger partial charge in [-0.05, 0) is 48.7 Å². The number of hydrogen-bond acceptors (Lipinski definition) is 4. The lowest BCUT2D eigenvalue weighted by atomic mass is 9.93. The van der Waals surface area contributed by atoms with Crippen LogP contribution in [0.2, 0.25) is 0 Å². The Bertz CT molecular complexity index is 1430. The Morgan fingerprint density at radius 1 is 0.929 bits per heavy atom. The third-order valence-corrected chi connectivity index (χ3v) is 5.40. The van der Waals surface area contributed by atoms with Gasteiger partial charge in [-0.25, -0.2) is 9.48 Å². The van der Waals surface area contributed by atoms with E-state index in [1.165, 1.54) is 5.56 Å². The second-order valence-electron chi connectivity index (χ2n) is 7.03. The highest BCUT2D eigenvalue weighted by atomic mass is 16.4. The van der Waals surface area contributed by atoms with Crippen LogP contribution in [0.15, 0.2) is 76.1 Å². The first-order valence-electron chi connectivity index (χ1n) is 9.28. The van der Waals surface area contributed by atoms with Crippen LogP contribution in [0.25, 0.3) is 38.8 Å². The molecule has 1 aliphatic carbocycles. The van der Waals surface area contributed by atoms with E-state index >= 15 is 0 Å². The van der Waals surface area contributed by atoms with Crippen LogP contribution in [-0.2, 0) is 12.8 Å². The summed E-state index contributed by atoms with van der Waals surface area (Å²) in [7, 11) is 0. The van der Waals surface area contributed by atoms with Crippen molar-refractivity contribution >= 4 is 21.9 Å². The van der Waals surface area contributed by atoms with Gasteiger partial charge in [-0.1, -0.05) is 30.3 Å². The summed E-state index contributed by atoms with van der Waals surface area (Å²) in [6.07, 6.45) is 3.62. The standard InChI is InChI=1S/C23H15N3O2/c27-23-18-12-17-19(25-21(18)16-8-4-5-9-20(16)28-23)11-10-14-13-24-26(22(14)17)15-6-2-1-3-7-15/h1-9,12-13H,10-11H2. The maximum absolute atomic E-state index is 12.7. The number of fused-ring (bicyclic) bond motifs is 6. The van der Waals surface area contributed by atoms with Crippen molar-refractivity contribution in [1.82, 2.24) is 14.8 Å². The van der Waals surface area contributed by atoms with Crippen molar-refractivity contribution in [3.05, 3.63) is 88.5 Å². The molecular weight excluding hydrogens is 350 g/mol. The first kappa shape index (κ1) is 15.3. The minimum Gasteiger partial charge on any atom is -0.422 e. The Hall–Kier alpha value is -3.73. The molecule has 0 aliphatic heterocycles. The molecule has 0 N–H and O–H groups in total. The number of nitrogens with zero attached hydrogens (tertiary/aromatic N) is 3. The molecule has 0 saturated heterocycles. The molecule has 0 amide bonds. The maximum atomic E-state index is 12.7. The van der Waals surface area contributed by atoms with Gasteiger partial charge in [0.1, 0.15) is 5.58 Å². The van der Waals surface area contributed by atoms with Crippen molar-refractivity contribution in [1.29, 1.82) is 0 Å². The van der Waals surface area contributed by atoms with E-state index in [1.54, 1.807) is 6.07 Å². The van der Waals surface area contributed by atoms with E-state index in [1.807, 2.05) is 65.5 Å². The summed E-state index contributed by atoms with van der Waals surface area (Å²) in [6.45, 7) is 0. The van der Waals surface area contributed by atoms with Gasteiger partial charge in [0.15, 0.2) is 0 Å². The van der Waals surface area contributed by atoms with Gasteiger partial charge in [0.2, 0.25) is 0 Å². The maximum Gasteiger partial charge on any atom is 0.345 e. The number of aryl methyl sites for hydroxylation is 2. The summed E-state index contributed by atoms with van der Waals surface area (Å²) in [6, 6.07) is 19.5. The van der Waals surface area contributed by atoms with E-state index in [-0.39, 0.29) is 5.63 Å². The van der Waals surface area contributed by atoms with Crippen LogP contribution >= 0.6 is 0 Å². The highest BCUT2D eigenvalue weighted by Gasteiger charge is 2.24. The summed E-state index contributed by atoms with van der Waals surface area (Å²) >= 11 is 0. The molecule has 0 bridgehead atoms. The van der Waals surface area contributed by atoms with Gasteiger partial charge in [-0.3, -0.25) is 4.98 Å². The lowest BCUT2D eigenvalue weighted by Gasteiger charge is -2.18. The van der Waals surface area contributed by atoms with Gasteiger partial charge in [0, 0.05) is 10.9 Å². The summed E-state index contributed by atoms with van der Waals surface area (Å²) in [5, 5.41) is 5.98. The molecule has 0 unspecified atom stereocenters. The Balaban J connectivity index is 1.69. The Morgan fingerprint density at radius 2 is 1.75 bits per heavy atom. The smallest absolute Gasteiger partial charge is 0.345 e. The summed E-state index contributed by atoms with van der Waals surface area (Å²) < 4.78 is 7.47. The third kappa shape index (κ3) is 2.10.